The van der Waals surface area contributed by atoms with Crippen LogP contribution < -0.4 is 15.0 Å². The summed E-state index contributed by atoms with van der Waals surface area (Å²) in [6, 6.07) is 20.3. The summed E-state index contributed by atoms with van der Waals surface area (Å²) in [5.41, 5.74) is 4.57. The van der Waals surface area contributed by atoms with Crippen molar-refractivity contribution in [3.63, 3.8) is 0 Å². The first-order valence-corrected chi connectivity index (χ1v) is 11.6. The number of ether oxygens (including phenoxy) is 1. The average molecular weight is 485 g/mol. The molecule has 0 aliphatic carbocycles. The summed E-state index contributed by atoms with van der Waals surface area (Å²) in [5.74, 6) is 0.955. The van der Waals surface area contributed by atoms with Crippen LogP contribution in [0.4, 0.5) is 14.9 Å². The van der Waals surface area contributed by atoms with Crippen LogP contribution in [0.15, 0.2) is 83.0 Å². The van der Waals surface area contributed by atoms with Gasteiger partial charge in [-0.15, -0.1) is 0 Å². The van der Waals surface area contributed by atoms with E-state index >= 15 is 0 Å². The molecule has 5 rings (SSSR count). The van der Waals surface area contributed by atoms with Gasteiger partial charge in [-0.25, -0.2) is 9.18 Å². The largest absolute Gasteiger partial charge is 0.497 e. The van der Waals surface area contributed by atoms with E-state index in [0.717, 1.165) is 12.0 Å². The fraction of sp³-hybridized carbons (Fsp3) is 0.179. The van der Waals surface area contributed by atoms with E-state index in [4.69, 9.17) is 9.26 Å². The minimum atomic E-state index is -0.608. The number of methoxy groups -OCH3 is 1. The summed E-state index contributed by atoms with van der Waals surface area (Å²) >= 11 is 0. The van der Waals surface area contributed by atoms with Crippen LogP contribution in [0.5, 0.6) is 5.75 Å². The number of carbonyl (C=O) groups excluding carboxylic acids is 1. The van der Waals surface area contributed by atoms with Gasteiger partial charge in [0.05, 0.1) is 24.4 Å². The van der Waals surface area contributed by atoms with Gasteiger partial charge in [0.1, 0.15) is 11.6 Å². The second-order valence-corrected chi connectivity index (χ2v) is 8.44. The van der Waals surface area contributed by atoms with Crippen LogP contribution in [0.1, 0.15) is 36.9 Å². The summed E-state index contributed by atoms with van der Waals surface area (Å²) < 4.78 is 24.7. The first-order valence-electron chi connectivity index (χ1n) is 11.6. The molecule has 2 amide bonds. The van der Waals surface area contributed by atoms with Crippen molar-refractivity contribution in [2.24, 2.45) is 0 Å². The molecule has 3 aromatic carbocycles. The van der Waals surface area contributed by atoms with Gasteiger partial charge < -0.3 is 14.6 Å². The smallest absolute Gasteiger partial charge is 0.326 e. The van der Waals surface area contributed by atoms with Gasteiger partial charge in [-0.3, -0.25) is 4.90 Å². The number of rotatable bonds is 6. The molecular weight excluding hydrogens is 459 g/mol. The molecule has 0 bridgehead atoms. The molecule has 2 heterocycles. The lowest BCUT2D eigenvalue weighted by Crippen LogP contribution is -2.46. The Labute approximate surface area is 208 Å². The molecule has 7 nitrogen and oxygen atoms in total. The lowest BCUT2D eigenvalue weighted by Gasteiger charge is -2.35. The number of aryl methyl sites for hydroxylation is 1. The number of aromatic nitrogens is 2. The molecule has 1 aliphatic rings. The van der Waals surface area contributed by atoms with E-state index in [1.54, 1.807) is 24.1 Å². The monoisotopic (exact) mass is 484 g/mol. The Hall–Kier alpha value is -4.46. The lowest BCUT2D eigenvalue weighted by molar-refractivity contribution is 0.244. The van der Waals surface area contributed by atoms with E-state index in [1.807, 2.05) is 55.5 Å². The van der Waals surface area contributed by atoms with Crippen LogP contribution >= 0.6 is 0 Å². The normalized spacial score (nSPS) is 15.7. The van der Waals surface area contributed by atoms with Crippen molar-refractivity contribution in [3.8, 4) is 17.1 Å². The van der Waals surface area contributed by atoms with Crippen molar-refractivity contribution in [1.29, 1.82) is 0 Å². The molecule has 1 atom stereocenters. The van der Waals surface area contributed by atoms with E-state index in [0.29, 0.717) is 34.1 Å². The van der Waals surface area contributed by atoms with E-state index in [2.05, 4.69) is 22.4 Å². The Morgan fingerprint density at radius 2 is 1.83 bits per heavy atom. The lowest BCUT2D eigenvalue weighted by atomic mass is 9.94. The van der Waals surface area contributed by atoms with Gasteiger partial charge in [0.15, 0.2) is 0 Å². The average Bonchev–Trinajstić information content (AvgIpc) is 3.39. The fourth-order valence-electron chi connectivity index (χ4n) is 4.33. The summed E-state index contributed by atoms with van der Waals surface area (Å²) in [5, 5.41) is 7.22. The minimum absolute atomic E-state index is 0.259. The quantitative estimate of drug-likeness (QED) is 0.355. The third-order valence-corrected chi connectivity index (χ3v) is 6.28. The van der Waals surface area contributed by atoms with Gasteiger partial charge in [0.25, 0.3) is 5.89 Å². The van der Waals surface area contributed by atoms with E-state index in [1.165, 1.54) is 17.7 Å². The predicted octanol–water partition coefficient (Wildman–Crippen LogP) is 6.15. The standard InChI is InChI=1S/C28H25FN4O3/c1-4-18-8-14-22(15-9-18)33-17(2)24(25(30-28(33)34)19-10-12-21(29)13-11-19)27-31-26(32-36-27)20-6-5-7-23(16-20)35-3/h5-16,25H,4H2,1-3H3,(H,30,34). The highest BCUT2D eigenvalue weighted by molar-refractivity contribution is 6.01. The molecule has 0 saturated heterocycles. The van der Waals surface area contributed by atoms with Gasteiger partial charge in [0, 0.05) is 11.3 Å². The maximum Gasteiger partial charge on any atom is 0.326 e. The summed E-state index contributed by atoms with van der Waals surface area (Å²) in [4.78, 5) is 19.6. The molecule has 0 spiro atoms. The molecule has 0 fully saturated rings. The molecule has 0 saturated carbocycles. The Kier molecular flexibility index (Phi) is 6.25. The molecule has 1 unspecified atom stereocenters. The molecule has 36 heavy (non-hydrogen) atoms. The van der Waals surface area contributed by atoms with Gasteiger partial charge in [-0.2, -0.15) is 4.98 Å². The van der Waals surface area contributed by atoms with Crippen molar-refractivity contribution in [1.82, 2.24) is 15.5 Å². The number of allylic oxidation sites excluding steroid dienone is 1. The highest BCUT2D eigenvalue weighted by atomic mass is 19.1. The summed E-state index contributed by atoms with van der Waals surface area (Å²) in [6.07, 6.45) is 0.897. The van der Waals surface area contributed by atoms with Crippen molar-refractivity contribution in [2.75, 3.05) is 12.0 Å². The zero-order valence-corrected chi connectivity index (χ0v) is 20.2. The van der Waals surface area contributed by atoms with Crippen molar-refractivity contribution in [3.05, 3.63) is 101 Å². The predicted molar refractivity (Wildman–Crippen MR) is 135 cm³/mol. The number of nitrogens with zero attached hydrogens (tertiary/aromatic N) is 3. The fourth-order valence-corrected chi connectivity index (χ4v) is 4.33. The number of hydrogen-bond acceptors (Lipinski definition) is 5. The van der Waals surface area contributed by atoms with Crippen LogP contribution in [-0.4, -0.2) is 23.3 Å². The number of hydrogen-bond donors (Lipinski definition) is 1. The second-order valence-electron chi connectivity index (χ2n) is 8.44. The first-order chi connectivity index (χ1) is 17.5. The number of benzene rings is 3. The Morgan fingerprint density at radius 3 is 2.53 bits per heavy atom. The van der Waals surface area contributed by atoms with Crippen LogP contribution in [-0.2, 0) is 6.42 Å². The molecule has 0 radical (unpaired) electrons. The highest BCUT2D eigenvalue weighted by Gasteiger charge is 2.36. The van der Waals surface area contributed by atoms with Gasteiger partial charge in [0.2, 0.25) is 5.82 Å². The molecule has 4 aromatic rings. The van der Waals surface area contributed by atoms with Crippen LogP contribution in [0.3, 0.4) is 0 Å². The maximum atomic E-state index is 13.7. The van der Waals surface area contributed by atoms with Gasteiger partial charge in [-0.1, -0.05) is 48.5 Å². The van der Waals surface area contributed by atoms with Crippen molar-refractivity contribution < 1.29 is 18.4 Å². The zero-order chi connectivity index (χ0) is 25.2. The van der Waals surface area contributed by atoms with Crippen molar-refractivity contribution in [2.45, 2.75) is 26.3 Å². The maximum absolute atomic E-state index is 13.7. The van der Waals surface area contributed by atoms with Gasteiger partial charge in [-0.05, 0) is 60.9 Å². The van der Waals surface area contributed by atoms with E-state index in [-0.39, 0.29) is 17.7 Å². The summed E-state index contributed by atoms with van der Waals surface area (Å²) in [6.45, 7) is 3.92. The van der Waals surface area contributed by atoms with Gasteiger partial charge >= 0.3 is 6.03 Å². The Morgan fingerprint density at radius 1 is 1.08 bits per heavy atom. The van der Waals surface area contributed by atoms with Crippen molar-refractivity contribution >= 4 is 17.3 Å². The summed E-state index contributed by atoms with van der Waals surface area (Å²) in [7, 11) is 1.59. The Balaban J connectivity index is 1.63. The molecule has 182 valence electrons. The number of halogens is 1. The van der Waals surface area contributed by atoms with E-state index in [9.17, 15) is 9.18 Å². The third kappa shape index (κ3) is 4.33. The number of urea groups is 1. The molecule has 1 N–H and O–H groups in total. The minimum Gasteiger partial charge on any atom is -0.497 e. The first kappa shape index (κ1) is 23.3. The SMILES string of the molecule is CCc1ccc(N2C(=O)NC(c3ccc(F)cc3)C(c3nc(-c4cccc(OC)c4)no3)=C2C)cc1. The number of amides is 2. The van der Waals surface area contributed by atoms with Crippen LogP contribution in [0.2, 0.25) is 0 Å². The van der Waals surface area contributed by atoms with Crippen LogP contribution in [0.25, 0.3) is 17.0 Å². The number of carbonyl (C=O) groups is 1. The Bertz CT molecular complexity index is 1430. The number of anilines is 1. The zero-order valence-electron chi connectivity index (χ0n) is 20.2. The third-order valence-electron chi connectivity index (χ3n) is 6.28. The number of nitrogens with one attached hydrogen (secondary N) is 1. The molecule has 8 heteroatoms. The molecule has 1 aromatic heterocycles. The highest BCUT2D eigenvalue weighted by Crippen LogP contribution is 2.39. The second kappa shape index (κ2) is 9.65. The topological polar surface area (TPSA) is 80.5 Å². The molecular formula is C28H25FN4O3. The van der Waals surface area contributed by atoms with Crippen LogP contribution in [0, 0.1) is 5.82 Å². The van der Waals surface area contributed by atoms with E-state index < -0.39 is 6.04 Å². The molecule has 1 aliphatic heterocycles.